The van der Waals surface area contributed by atoms with Crippen LogP contribution in [0.5, 0.6) is 11.5 Å². The third-order valence-electron chi connectivity index (χ3n) is 4.31. The molecule has 2 aromatic rings. The average molecular weight is 421 g/mol. The van der Waals surface area contributed by atoms with Gasteiger partial charge in [-0.15, -0.1) is 11.3 Å². The van der Waals surface area contributed by atoms with Gasteiger partial charge in [0.25, 0.3) is 0 Å². The number of amides is 1. The topological polar surface area (TPSA) is 77.1 Å². The van der Waals surface area contributed by atoms with E-state index >= 15 is 0 Å². The minimum Gasteiger partial charge on any atom is -0.493 e. The van der Waals surface area contributed by atoms with Crippen molar-refractivity contribution in [3.63, 3.8) is 0 Å². The summed E-state index contributed by atoms with van der Waals surface area (Å²) >= 11 is 1.23. The maximum absolute atomic E-state index is 12.5. The van der Waals surface area contributed by atoms with Crippen molar-refractivity contribution >= 4 is 28.2 Å². The zero-order valence-corrected chi connectivity index (χ0v) is 18.4. The van der Waals surface area contributed by atoms with E-state index < -0.39 is 0 Å². The number of rotatable bonds is 10. The Hall–Kier alpha value is -2.58. The van der Waals surface area contributed by atoms with Gasteiger partial charge in [-0.1, -0.05) is 13.0 Å². The Bertz CT molecular complexity index is 850. The van der Waals surface area contributed by atoms with Crippen LogP contribution in [0.3, 0.4) is 0 Å². The largest absolute Gasteiger partial charge is 0.493 e. The highest BCUT2D eigenvalue weighted by molar-refractivity contribution is 7.18. The summed E-state index contributed by atoms with van der Waals surface area (Å²) in [6, 6.07) is 7.51. The Balaban J connectivity index is 2.00. The number of nitrogens with one attached hydrogen (secondary N) is 1. The summed E-state index contributed by atoms with van der Waals surface area (Å²) in [6.45, 7) is 7.45. The van der Waals surface area contributed by atoms with Gasteiger partial charge in [-0.25, -0.2) is 4.79 Å². The molecule has 1 N–H and O–H groups in total. The van der Waals surface area contributed by atoms with Crippen molar-refractivity contribution in [2.24, 2.45) is 0 Å². The normalized spacial score (nSPS) is 10.7. The molecular formula is C21H28N2O5S. The van der Waals surface area contributed by atoms with E-state index in [1.807, 2.05) is 36.9 Å². The standard InChI is InChI=1S/C21H28N2O5S/c1-6-23(12-15-8-9-16(26-4)17(11-15)27-5)13-18(24)22-19-10-14(3)20(29-19)21(25)28-7-2/h8-11H,6-7,12-13H2,1-5H3,(H,22,24). The average Bonchev–Trinajstić information content (AvgIpc) is 3.07. The first-order valence-corrected chi connectivity index (χ1v) is 10.2. The van der Waals surface area contributed by atoms with E-state index in [9.17, 15) is 9.59 Å². The summed E-state index contributed by atoms with van der Waals surface area (Å²) in [5.74, 6) is 0.830. The minimum atomic E-state index is -0.362. The molecule has 158 valence electrons. The van der Waals surface area contributed by atoms with E-state index in [0.717, 1.165) is 11.1 Å². The number of aryl methyl sites for hydroxylation is 1. The van der Waals surface area contributed by atoms with Crippen molar-refractivity contribution in [2.45, 2.75) is 27.3 Å². The summed E-state index contributed by atoms with van der Waals surface area (Å²) in [7, 11) is 3.19. The van der Waals surface area contributed by atoms with Crippen LogP contribution in [0, 0.1) is 6.92 Å². The van der Waals surface area contributed by atoms with Gasteiger partial charge in [0.1, 0.15) is 4.88 Å². The van der Waals surface area contributed by atoms with Crippen LogP contribution in [0.4, 0.5) is 5.00 Å². The van der Waals surface area contributed by atoms with Crippen LogP contribution < -0.4 is 14.8 Å². The van der Waals surface area contributed by atoms with Crippen molar-refractivity contribution in [3.8, 4) is 11.5 Å². The molecule has 7 nitrogen and oxygen atoms in total. The van der Waals surface area contributed by atoms with E-state index in [1.165, 1.54) is 11.3 Å². The predicted octanol–water partition coefficient (Wildman–Crippen LogP) is 3.71. The summed E-state index contributed by atoms with van der Waals surface area (Å²) in [6.07, 6.45) is 0. The second-order valence-electron chi connectivity index (χ2n) is 6.38. The van der Waals surface area contributed by atoms with E-state index in [2.05, 4.69) is 5.32 Å². The van der Waals surface area contributed by atoms with Crippen LogP contribution in [-0.4, -0.2) is 50.7 Å². The van der Waals surface area contributed by atoms with Gasteiger partial charge in [-0.05, 0) is 49.7 Å². The lowest BCUT2D eigenvalue weighted by Gasteiger charge is -2.20. The van der Waals surface area contributed by atoms with Crippen LogP contribution in [0.25, 0.3) is 0 Å². The molecule has 0 radical (unpaired) electrons. The summed E-state index contributed by atoms with van der Waals surface area (Å²) in [5, 5.41) is 3.51. The maximum Gasteiger partial charge on any atom is 0.348 e. The van der Waals surface area contributed by atoms with Crippen molar-refractivity contribution in [1.82, 2.24) is 4.90 Å². The first-order valence-electron chi connectivity index (χ1n) is 9.42. The van der Waals surface area contributed by atoms with Crippen LogP contribution in [0.15, 0.2) is 24.3 Å². The Morgan fingerprint density at radius 3 is 2.45 bits per heavy atom. The van der Waals surface area contributed by atoms with E-state index in [1.54, 1.807) is 27.2 Å². The zero-order chi connectivity index (χ0) is 21.4. The molecule has 0 saturated heterocycles. The first kappa shape index (κ1) is 22.7. The highest BCUT2D eigenvalue weighted by atomic mass is 32.1. The number of likely N-dealkylation sites (N-methyl/N-ethyl adjacent to an activating group) is 1. The molecule has 0 aliphatic rings. The number of ether oxygens (including phenoxy) is 3. The Morgan fingerprint density at radius 2 is 1.83 bits per heavy atom. The molecule has 0 spiro atoms. The number of nitrogens with zero attached hydrogens (tertiary/aromatic N) is 1. The van der Waals surface area contributed by atoms with Gasteiger partial charge in [0.2, 0.25) is 5.91 Å². The molecule has 8 heteroatoms. The van der Waals surface area contributed by atoms with Gasteiger partial charge >= 0.3 is 5.97 Å². The second-order valence-corrected chi connectivity index (χ2v) is 7.44. The molecule has 0 aliphatic carbocycles. The fourth-order valence-corrected chi connectivity index (χ4v) is 3.82. The van der Waals surface area contributed by atoms with Crippen LogP contribution in [-0.2, 0) is 16.1 Å². The van der Waals surface area contributed by atoms with Gasteiger partial charge in [0.05, 0.1) is 32.4 Å². The van der Waals surface area contributed by atoms with Gasteiger partial charge in [0, 0.05) is 6.54 Å². The third kappa shape index (κ3) is 6.20. The van der Waals surface area contributed by atoms with Crippen LogP contribution >= 0.6 is 11.3 Å². The molecule has 0 aliphatic heterocycles. The van der Waals surface area contributed by atoms with Gasteiger partial charge in [0.15, 0.2) is 11.5 Å². The monoisotopic (exact) mass is 420 g/mol. The number of esters is 1. The summed E-state index contributed by atoms with van der Waals surface area (Å²) < 4.78 is 15.6. The maximum atomic E-state index is 12.5. The number of anilines is 1. The molecule has 2 rings (SSSR count). The number of carbonyl (C=O) groups is 2. The molecule has 0 saturated carbocycles. The van der Waals surface area contributed by atoms with Crippen molar-refractivity contribution < 1.29 is 23.8 Å². The van der Waals surface area contributed by atoms with E-state index in [-0.39, 0.29) is 18.4 Å². The molecule has 1 heterocycles. The van der Waals surface area contributed by atoms with Crippen molar-refractivity contribution in [2.75, 3.05) is 39.2 Å². The van der Waals surface area contributed by atoms with Crippen LogP contribution in [0.2, 0.25) is 0 Å². The lowest BCUT2D eigenvalue weighted by atomic mass is 10.2. The van der Waals surface area contributed by atoms with E-state index in [4.69, 9.17) is 14.2 Å². The van der Waals surface area contributed by atoms with Gasteiger partial charge in [-0.3, -0.25) is 9.69 Å². The molecule has 1 amide bonds. The number of hydrogen-bond donors (Lipinski definition) is 1. The predicted molar refractivity (Wildman–Crippen MR) is 114 cm³/mol. The number of methoxy groups -OCH3 is 2. The molecule has 1 aromatic heterocycles. The molecule has 0 fully saturated rings. The van der Waals surface area contributed by atoms with Gasteiger partial charge < -0.3 is 19.5 Å². The van der Waals surface area contributed by atoms with E-state index in [0.29, 0.717) is 41.1 Å². The molecule has 0 atom stereocenters. The fraction of sp³-hybridized carbons (Fsp3) is 0.429. The van der Waals surface area contributed by atoms with Crippen molar-refractivity contribution in [1.29, 1.82) is 0 Å². The Morgan fingerprint density at radius 1 is 1.10 bits per heavy atom. The number of carbonyl (C=O) groups excluding carboxylic acids is 2. The minimum absolute atomic E-state index is 0.135. The quantitative estimate of drug-likeness (QED) is 0.591. The highest BCUT2D eigenvalue weighted by Gasteiger charge is 2.17. The second kappa shape index (κ2) is 10.8. The molecular weight excluding hydrogens is 392 g/mol. The first-order chi connectivity index (χ1) is 13.9. The molecule has 1 aromatic carbocycles. The van der Waals surface area contributed by atoms with Crippen molar-refractivity contribution in [3.05, 3.63) is 40.3 Å². The summed E-state index contributed by atoms with van der Waals surface area (Å²) in [5.41, 5.74) is 1.82. The lowest BCUT2D eigenvalue weighted by Crippen LogP contribution is -2.32. The van der Waals surface area contributed by atoms with Gasteiger partial charge in [-0.2, -0.15) is 0 Å². The fourth-order valence-electron chi connectivity index (χ4n) is 2.84. The third-order valence-corrected chi connectivity index (χ3v) is 5.44. The number of hydrogen-bond acceptors (Lipinski definition) is 7. The zero-order valence-electron chi connectivity index (χ0n) is 17.5. The van der Waals surface area contributed by atoms with Crippen LogP contribution in [0.1, 0.15) is 34.6 Å². The summed E-state index contributed by atoms with van der Waals surface area (Å²) in [4.78, 5) is 27.0. The molecule has 0 unspecified atom stereocenters. The highest BCUT2D eigenvalue weighted by Crippen LogP contribution is 2.29. The smallest absolute Gasteiger partial charge is 0.348 e. The molecule has 0 bridgehead atoms. The molecule has 29 heavy (non-hydrogen) atoms. The number of thiophene rings is 1. The Kier molecular flexibility index (Phi) is 8.48. The number of benzene rings is 1. The SMILES string of the molecule is CCOC(=O)c1sc(NC(=O)CN(CC)Cc2ccc(OC)c(OC)c2)cc1C. The Labute approximate surface area is 175 Å². The lowest BCUT2D eigenvalue weighted by molar-refractivity contribution is -0.117.